The van der Waals surface area contributed by atoms with Gasteiger partial charge < -0.3 is 10.0 Å². The maximum Gasteiger partial charge on any atom is 0.326 e. The van der Waals surface area contributed by atoms with Gasteiger partial charge in [0, 0.05) is 17.7 Å². The fourth-order valence-electron chi connectivity index (χ4n) is 1.78. The molecular weight excluding hydrogens is 178 g/mol. The van der Waals surface area contributed by atoms with Crippen LogP contribution < -0.4 is 0 Å². The Morgan fingerprint density at radius 3 is 2.50 bits per heavy atom. The summed E-state index contributed by atoms with van der Waals surface area (Å²) in [6, 6.07) is -0.360. The molecule has 80 valence electrons. The zero-order valence-corrected chi connectivity index (χ0v) is 9.21. The molecule has 1 aliphatic heterocycles. The Morgan fingerprint density at radius 1 is 1.50 bits per heavy atom. The van der Waals surface area contributed by atoms with Gasteiger partial charge in [-0.25, -0.2) is 4.79 Å². The molecule has 0 aromatic heterocycles. The van der Waals surface area contributed by atoms with Crippen molar-refractivity contribution in [2.75, 3.05) is 6.54 Å². The van der Waals surface area contributed by atoms with Crippen LogP contribution in [-0.4, -0.2) is 28.6 Å². The van der Waals surface area contributed by atoms with Crippen LogP contribution in [0.4, 0.5) is 0 Å². The lowest BCUT2D eigenvalue weighted by Gasteiger charge is -2.34. The molecule has 0 aliphatic carbocycles. The van der Waals surface area contributed by atoms with Gasteiger partial charge in [0.15, 0.2) is 0 Å². The summed E-state index contributed by atoms with van der Waals surface area (Å²) in [6.07, 6.45) is 1.69. The normalized spacial score (nSPS) is 22.5. The summed E-state index contributed by atoms with van der Waals surface area (Å²) >= 11 is 0. The third-order valence-electron chi connectivity index (χ3n) is 2.75. The van der Waals surface area contributed by atoms with Gasteiger partial charge in [-0.2, -0.15) is 0 Å². The van der Waals surface area contributed by atoms with E-state index >= 15 is 0 Å². The van der Waals surface area contributed by atoms with E-state index in [2.05, 4.69) is 27.4 Å². The lowest BCUT2D eigenvalue weighted by molar-refractivity contribution is -0.141. The summed E-state index contributed by atoms with van der Waals surface area (Å²) in [7, 11) is 0. The van der Waals surface area contributed by atoms with E-state index in [9.17, 15) is 4.79 Å². The average Bonchev–Trinajstić information content (AvgIpc) is 2.48. The molecule has 3 nitrogen and oxygen atoms in total. The SMILES string of the molecule is C=C(N1CCC[C@H]1C(=O)O)C(C)(C)C. The number of hydrogen-bond donors (Lipinski definition) is 1. The minimum absolute atomic E-state index is 0.0436. The van der Waals surface area contributed by atoms with Crippen molar-refractivity contribution in [3.63, 3.8) is 0 Å². The van der Waals surface area contributed by atoms with E-state index in [1.54, 1.807) is 0 Å². The quantitative estimate of drug-likeness (QED) is 0.737. The molecule has 1 heterocycles. The number of hydrogen-bond acceptors (Lipinski definition) is 2. The van der Waals surface area contributed by atoms with Crippen LogP contribution in [0.25, 0.3) is 0 Å². The Labute approximate surface area is 85.4 Å². The second-order valence-corrected chi connectivity index (χ2v) is 4.89. The molecule has 0 unspecified atom stereocenters. The number of rotatable bonds is 2. The number of likely N-dealkylation sites (tertiary alicyclic amines) is 1. The van der Waals surface area contributed by atoms with Crippen molar-refractivity contribution in [2.45, 2.75) is 39.7 Å². The number of allylic oxidation sites excluding steroid dienone is 1. The molecule has 3 heteroatoms. The van der Waals surface area contributed by atoms with Crippen molar-refractivity contribution >= 4 is 5.97 Å². The van der Waals surface area contributed by atoms with E-state index < -0.39 is 5.97 Å². The summed E-state index contributed by atoms with van der Waals surface area (Å²) < 4.78 is 0. The first kappa shape index (κ1) is 11.1. The van der Waals surface area contributed by atoms with Crippen LogP contribution in [0.3, 0.4) is 0 Å². The van der Waals surface area contributed by atoms with Gasteiger partial charge in [-0.05, 0) is 12.8 Å². The third kappa shape index (κ3) is 2.08. The van der Waals surface area contributed by atoms with E-state index in [4.69, 9.17) is 5.11 Å². The van der Waals surface area contributed by atoms with Gasteiger partial charge in [0.25, 0.3) is 0 Å². The maximum atomic E-state index is 11.0. The second-order valence-electron chi connectivity index (χ2n) is 4.89. The fraction of sp³-hybridized carbons (Fsp3) is 0.727. The van der Waals surface area contributed by atoms with Gasteiger partial charge in [-0.1, -0.05) is 27.4 Å². The first-order valence-corrected chi connectivity index (χ1v) is 5.03. The highest BCUT2D eigenvalue weighted by Crippen LogP contribution is 2.32. The highest BCUT2D eigenvalue weighted by Gasteiger charge is 2.34. The van der Waals surface area contributed by atoms with Crippen LogP contribution in [0.1, 0.15) is 33.6 Å². The molecule has 0 spiro atoms. The van der Waals surface area contributed by atoms with Crippen LogP contribution in [-0.2, 0) is 4.79 Å². The molecule has 0 bridgehead atoms. The van der Waals surface area contributed by atoms with E-state index in [1.165, 1.54) is 0 Å². The number of carbonyl (C=O) groups is 1. The summed E-state index contributed by atoms with van der Waals surface area (Å²) in [5, 5.41) is 9.02. The van der Waals surface area contributed by atoms with Crippen LogP contribution >= 0.6 is 0 Å². The lowest BCUT2D eigenvalue weighted by Crippen LogP contribution is -2.38. The van der Waals surface area contributed by atoms with Crippen LogP contribution in [0.15, 0.2) is 12.3 Å². The molecule has 1 saturated heterocycles. The van der Waals surface area contributed by atoms with E-state index in [1.807, 2.05) is 4.90 Å². The molecule has 0 saturated carbocycles. The summed E-state index contributed by atoms with van der Waals surface area (Å²) in [5.41, 5.74) is 0.889. The Balaban J connectivity index is 2.77. The van der Waals surface area contributed by atoms with Gasteiger partial charge in [0.1, 0.15) is 6.04 Å². The van der Waals surface area contributed by atoms with Crippen molar-refractivity contribution in [2.24, 2.45) is 5.41 Å². The smallest absolute Gasteiger partial charge is 0.326 e. The molecule has 14 heavy (non-hydrogen) atoms. The van der Waals surface area contributed by atoms with Crippen molar-refractivity contribution in [3.8, 4) is 0 Å². The Kier molecular flexibility index (Phi) is 2.88. The predicted molar refractivity (Wildman–Crippen MR) is 56.0 cm³/mol. The third-order valence-corrected chi connectivity index (χ3v) is 2.75. The zero-order valence-electron chi connectivity index (χ0n) is 9.21. The van der Waals surface area contributed by atoms with Gasteiger partial charge in [0.2, 0.25) is 0 Å². The van der Waals surface area contributed by atoms with E-state index in [-0.39, 0.29) is 11.5 Å². The lowest BCUT2D eigenvalue weighted by atomic mass is 9.91. The monoisotopic (exact) mass is 197 g/mol. The van der Waals surface area contributed by atoms with Crippen LogP contribution in [0.2, 0.25) is 0 Å². The molecule has 0 aromatic rings. The number of carboxylic acids is 1. The second kappa shape index (κ2) is 3.64. The molecule has 0 aromatic carbocycles. The van der Waals surface area contributed by atoms with Crippen molar-refractivity contribution in [1.29, 1.82) is 0 Å². The van der Waals surface area contributed by atoms with Gasteiger partial charge in [-0.15, -0.1) is 0 Å². The highest BCUT2D eigenvalue weighted by atomic mass is 16.4. The first-order chi connectivity index (χ1) is 6.34. The topological polar surface area (TPSA) is 40.5 Å². The molecule has 1 atom stereocenters. The average molecular weight is 197 g/mol. The molecule has 1 N–H and O–H groups in total. The van der Waals surface area contributed by atoms with Gasteiger partial charge in [0.05, 0.1) is 0 Å². The van der Waals surface area contributed by atoms with Crippen molar-refractivity contribution in [3.05, 3.63) is 12.3 Å². The molecule has 0 radical (unpaired) electrons. The number of nitrogens with zero attached hydrogens (tertiary/aromatic N) is 1. The summed E-state index contributed by atoms with van der Waals surface area (Å²) in [4.78, 5) is 12.9. The van der Waals surface area contributed by atoms with Gasteiger partial charge in [-0.3, -0.25) is 0 Å². The fourth-order valence-corrected chi connectivity index (χ4v) is 1.78. The highest BCUT2D eigenvalue weighted by molar-refractivity contribution is 5.74. The summed E-state index contributed by atoms with van der Waals surface area (Å²) in [5.74, 6) is -0.729. The first-order valence-electron chi connectivity index (χ1n) is 5.03. The number of aliphatic carboxylic acids is 1. The predicted octanol–water partition coefficient (Wildman–Crippen LogP) is 2.10. The van der Waals surface area contributed by atoms with Crippen LogP contribution in [0.5, 0.6) is 0 Å². The molecular formula is C11H19NO2. The van der Waals surface area contributed by atoms with E-state index in [0.717, 1.165) is 25.1 Å². The zero-order chi connectivity index (χ0) is 10.9. The Hall–Kier alpha value is -0.990. The minimum Gasteiger partial charge on any atom is -0.480 e. The number of carboxylic acid groups (broad SMARTS) is 1. The minimum atomic E-state index is -0.729. The van der Waals surface area contributed by atoms with Crippen molar-refractivity contribution < 1.29 is 9.90 Å². The Morgan fingerprint density at radius 2 is 2.07 bits per heavy atom. The Bertz CT molecular complexity index is 253. The van der Waals surface area contributed by atoms with Crippen LogP contribution in [0, 0.1) is 5.41 Å². The maximum absolute atomic E-state index is 11.0. The molecule has 1 fully saturated rings. The summed E-state index contributed by atoms with van der Waals surface area (Å²) in [6.45, 7) is 11.0. The molecule has 1 aliphatic rings. The molecule has 0 amide bonds. The van der Waals surface area contributed by atoms with Gasteiger partial charge >= 0.3 is 5.97 Å². The van der Waals surface area contributed by atoms with Crippen molar-refractivity contribution in [1.82, 2.24) is 4.90 Å². The largest absolute Gasteiger partial charge is 0.480 e. The van der Waals surface area contributed by atoms with E-state index in [0.29, 0.717) is 0 Å². The standard InChI is InChI=1S/C11H19NO2/c1-8(11(2,3)4)12-7-5-6-9(12)10(13)14/h9H,1,5-7H2,2-4H3,(H,13,14)/t9-/m0/s1. The molecule has 1 rings (SSSR count).